The van der Waals surface area contributed by atoms with Crippen molar-refractivity contribution in [2.24, 2.45) is 0 Å². The van der Waals surface area contributed by atoms with Gasteiger partial charge in [-0.25, -0.2) is 4.98 Å². The van der Waals surface area contributed by atoms with Crippen molar-refractivity contribution in [3.05, 3.63) is 20.6 Å². The molecule has 0 unspecified atom stereocenters. The molecule has 0 aliphatic carbocycles. The molecule has 1 aromatic heterocycles. The molecular formula is C10H15BrN2S. The van der Waals surface area contributed by atoms with Crippen LogP contribution < -0.4 is 0 Å². The van der Waals surface area contributed by atoms with Crippen molar-refractivity contribution in [3.8, 4) is 0 Å². The summed E-state index contributed by atoms with van der Waals surface area (Å²) in [6.45, 7) is 4.29. The van der Waals surface area contributed by atoms with E-state index in [0.717, 1.165) is 36.0 Å². The summed E-state index contributed by atoms with van der Waals surface area (Å²) in [5.41, 5.74) is 1.18. The molecule has 1 aromatic rings. The molecule has 0 aliphatic heterocycles. The van der Waals surface area contributed by atoms with Gasteiger partial charge in [0.05, 0.1) is 4.47 Å². The van der Waals surface area contributed by atoms with Gasteiger partial charge in [-0.3, -0.25) is 0 Å². The number of aryl methyl sites for hydroxylation is 2. The first-order valence-corrected chi connectivity index (χ1v) is 6.16. The third kappa shape index (κ3) is 2.89. The maximum absolute atomic E-state index is 5.18. The number of aromatic amines is 1. The van der Waals surface area contributed by atoms with E-state index in [9.17, 15) is 0 Å². The quantitative estimate of drug-likeness (QED) is 0.846. The Hall–Kier alpha value is -0.220. The molecule has 0 atom stereocenters. The molecule has 1 N–H and O–H groups in total. The minimum atomic E-state index is 0.677. The summed E-state index contributed by atoms with van der Waals surface area (Å²) >= 11 is 8.65. The minimum Gasteiger partial charge on any atom is -0.346 e. The zero-order valence-corrected chi connectivity index (χ0v) is 11.0. The summed E-state index contributed by atoms with van der Waals surface area (Å²) in [6, 6.07) is 0. The molecule has 78 valence electrons. The van der Waals surface area contributed by atoms with Crippen molar-refractivity contribution in [1.29, 1.82) is 0 Å². The Morgan fingerprint density at radius 1 is 1.29 bits per heavy atom. The van der Waals surface area contributed by atoms with Gasteiger partial charge in [0.2, 0.25) is 0 Å². The lowest BCUT2D eigenvalue weighted by Crippen LogP contribution is -2.01. The van der Waals surface area contributed by atoms with E-state index < -0.39 is 0 Å². The Morgan fingerprint density at radius 3 is 2.50 bits per heavy atom. The first-order valence-electron chi connectivity index (χ1n) is 4.96. The SMILES string of the molecule is CCCc1nc(=S)c(Br)c(CCC)[nH]1. The molecule has 0 spiro atoms. The van der Waals surface area contributed by atoms with Crippen molar-refractivity contribution in [2.45, 2.75) is 39.5 Å². The van der Waals surface area contributed by atoms with Crippen LogP contribution in [0.15, 0.2) is 4.47 Å². The van der Waals surface area contributed by atoms with Crippen LogP contribution in [0.25, 0.3) is 0 Å². The Balaban J connectivity index is 3.07. The highest BCUT2D eigenvalue weighted by Gasteiger charge is 2.04. The molecule has 1 rings (SSSR count). The highest BCUT2D eigenvalue weighted by Crippen LogP contribution is 2.17. The largest absolute Gasteiger partial charge is 0.346 e. The molecule has 0 radical (unpaired) electrons. The van der Waals surface area contributed by atoms with Crippen molar-refractivity contribution in [1.82, 2.24) is 9.97 Å². The van der Waals surface area contributed by atoms with Crippen LogP contribution in [0.4, 0.5) is 0 Å². The monoisotopic (exact) mass is 274 g/mol. The van der Waals surface area contributed by atoms with E-state index in [4.69, 9.17) is 12.2 Å². The molecule has 0 aromatic carbocycles. The van der Waals surface area contributed by atoms with Gasteiger partial charge in [0.1, 0.15) is 10.5 Å². The van der Waals surface area contributed by atoms with E-state index in [2.05, 4.69) is 39.7 Å². The van der Waals surface area contributed by atoms with Crippen molar-refractivity contribution >= 4 is 28.1 Å². The van der Waals surface area contributed by atoms with Crippen molar-refractivity contribution in [3.63, 3.8) is 0 Å². The van der Waals surface area contributed by atoms with Gasteiger partial charge in [-0.15, -0.1) is 0 Å². The maximum atomic E-state index is 5.18. The number of halogens is 1. The molecule has 0 saturated heterocycles. The lowest BCUT2D eigenvalue weighted by molar-refractivity contribution is 0.784. The van der Waals surface area contributed by atoms with Crippen molar-refractivity contribution in [2.75, 3.05) is 0 Å². The van der Waals surface area contributed by atoms with Gasteiger partial charge in [0.15, 0.2) is 0 Å². The number of hydrogen-bond donors (Lipinski definition) is 1. The van der Waals surface area contributed by atoms with Gasteiger partial charge in [-0.1, -0.05) is 32.5 Å². The summed E-state index contributed by atoms with van der Waals surface area (Å²) in [6.07, 6.45) is 4.18. The van der Waals surface area contributed by atoms with E-state index in [0.29, 0.717) is 4.64 Å². The molecular weight excluding hydrogens is 260 g/mol. The number of nitrogens with one attached hydrogen (secondary N) is 1. The van der Waals surface area contributed by atoms with Crippen LogP contribution in [0, 0.1) is 4.64 Å². The van der Waals surface area contributed by atoms with Gasteiger partial charge in [-0.05, 0) is 28.8 Å². The van der Waals surface area contributed by atoms with Gasteiger partial charge in [0.25, 0.3) is 0 Å². The van der Waals surface area contributed by atoms with E-state index in [1.165, 1.54) is 5.69 Å². The highest BCUT2D eigenvalue weighted by molar-refractivity contribution is 9.10. The van der Waals surface area contributed by atoms with Crippen LogP contribution in [0.5, 0.6) is 0 Å². The minimum absolute atomic E-state index is 0.677. The predicted molar refractivity (Wildman–Crippen MR) is 65.1 cm³/mol. The third-order valence-electron chi connectivity index (χ3n) is 1.97. The zero-order valence-electron chi connectivity index (χ0n) is 8.56. The zero-order chi connectivity index (χ0) is 10.6. The first-order chi connectivity index (χ1) is 6.69. The van der Waals surface area contributed by atoms with E-state index >= 15 is 0 Å². The fourth-order valence-corrected chi connectivity index (χ4v) is 1.95. The molecule has 0 saturated carbocycles. The lowest BCUT2D eigenvalue weighted by Gasteiger charge is -2.06. The maximum Gasteiger partial charge on any atom is 0.144 e. The standard InChI is InChI=1S/C10H15BrN2S/c1-3-5-7-9(11)10(14)13-8(12-7)6-4-2/h3-6H2,1-2H3,(H,12,13,14). The summed E-state index contributed by atoms with van der Waals surface area (Å²) < 4.78 is 1.63. The van der Waals surface area contributed by atoms with Gasteiger partial charge < -0.3 is 4.98 Å². The molecule has 0 aliphatic rings. The van der Waals surface area contributed by atoms with Crippen LogP contribution in [0.1, 0.15) is 38.2 Å². The molecule has 2 nitrogen and oxygen atoms in total. The fourth-order valence-electron chi connectivity index (χ4n) is 1.34. The molecule has 1 heterocycles. The third-order valence-corrected chi connectivity index (χ3v) is 3.38. The Kier molecular flexibility index (Phi) is 4.75. The molecule has 0 fully saturated rings. The van der Waals surface area contributed by atoms with E-state index in [-0.39, 0.29) is 0 Å². The fraction of sp³-hybridized carbons (Fsp3) is 0.600. The van der Waals surface area contributed by atoms with Crippen LogP contribution in [0.3, 0.4) is 0 Å². The lowest BCUT2D eigenvalue weighted by atomic mass is 10.2. The average molecular weight is 275 g/mol. The molecule has 0 bridgehead atoms. The molecule has 4 heteroatoms. The smallest absolute Gasteiger partial charge is 0.144 e. The second kappa shape index (κ2) is 5.61. The Bertz CT molecular complexity index is 360. The van der Waals surface area contributed by atoms with Crippen LogP contribution >= 0.6 is 28.1 Å². The summed E-state index contributed by atoms with van der Waals surface area (Å²) in [7, 11) is 0. The van der Waals surface area contributed by atoms with Gasteiger partial charge in [0, 0.05) is 12.1 Å². The summed E-state index contributed by atoms with van der Waals surface area (Å²) in [4.78, 5) is 7.65. The normalized spacial score (nSPS) is 10.5. The van der Waals surface area contributed by atoms with E-state index in [1.807, 2.05) is 0 Å². The summed E-state index contributed by atoms with van der Waals surface area (Å²) in [5, 5.41) is 0. The van der Waals surface area contributed by atoms with Gasteiger partial charge >= 0.3 is 0 Å². The topological polar surface area (TPSA) is 28.7 Å². The average Bonchev–Trinajstić information content (AvgIpc) is 2.14. The highest BCUT2D eigenvalue weighted by atomic mass is 79.9. The second-order valence-electron chi connectivity index (χ2n) is 3.28. The summed E-state index contributed by atoms with van der Waals surface area (Å²) in [5.74, 6) is 1.00. The second-order valence-corrected chi connectivity index (χ2v) is 4.46. The Morgan fingerprint density at radius 2 is 1.93 bits per heavy atom. The van der Waals surface area contributed by atoms with Crippen LogP contribution in [0.2, 0.25) is 0 Å². The first kappa shape index (κ1) is 11.9. The number of hydrogen-bond acceptors (Lipinski definition) is 2. The van der Waals surface area contributed by atoms with Gasteiger partial charge in [-0.2, -0.15) is 0 Å². The number of H-pyrrole nitrogens is 1. The number of rotatable bonds is 4. The van der Waals surface area contributed by atoms with Crippen molar-refractivity contribution < 1.29 is 0 Å². The molecule has 14 heavy (non-hydrogen) atoms. The Labute approximate surface area is 98.3 Å². The van der Waals surface area contributed by atoms with Crippen LogP contribution in [-0.2, 0) is 12.8 Å². The van der Waals surface area contributed by atoms with E-state index in [1.54, 1.807) is 0 Å². The number of aromatic nitrogens is 2. The number of nitrogens with zero attached hydrogens (tertiary/aromatic N) is 1. The predicted octanol–water partition coefficient (Wildman–Crippen LogP) is 3.81. The molecule has 0 amide bonds. The van der Waals surface area contributed by atoms with Crippen LogP contribution in [-0.4, -0.2) is 9.97 Å².